The number of aromatic nitrogens is 3. The molecular weight excluding hydrogens is 238 g/mol. The molecule has 18 heavy (non-hydrogen) atoms. The lowest BCUT2D eigenvalue weighted by molar-refractivity contribution is -0.384. The van der Waals surface area contributed by atoms with Crippen molar-refractivity contribution in [1.82, 2.24) is 15.0 Å². The van der Waals surface area contributed by atoms with Gasteiger partial charge in [-0.1, -0.05) is 6.07 Å². The van der Waals surface area contributed by atoms with Gasteiger partial charge in [0.2, 0.25) is 17.8 Å². The van der Waals surface area contributed by atoms with Crippen LogP contribution < -0.4 is 16.8 Å². The first kappa shape index (κ1) is 11.5. The van der Waals surface area contributed by atoms with E-state index in [0.29, 0.717) is 5.69 Å². The van der Waals surface area contributed by atoms with Gasteiger partial charge in [-0.3, -0.25) is 10.1 Å². The van der Waals surface area contributed by atoms with E-state index in [1.807, 2.05) is 0 Å². The maximum atomic E-state index is 10.6. The Morgan fingerprint density at radius 2 is 1.83 bits per heavy atom. The maximum Gasteiger partial charge on any atom is 0.271 e. The molecule has 0 bridgehead atoms. The van der Waals surface area contributed by atoms with Crippen LogP contribution in [0.4, 0.5) is 29.2 Å². The van der Waals surface area contributed by atoms with Crippen LogP contribution in [0.15, 0.2) is 24.3 Å². The molecule has 9 heteroatoms. The molecule has 0 radical (unpaired) electrons. The minimum absolute atomic E-state index is 0.0320. The van der Waals surface area contributed by atoms with Gasteiger partial charge in [-0.25, -0.2) is 0 Å². The lowest BCUT2D eigenvalue weighted by Gasteiger charge is -2.05. The van der Waals surface area contributed by atoms with Gasteiger partial charge in [0.25, 0.3) is 5.69 Å². The summed E-state index contributed by atoms with van der Waals surface area (Å²) in [6.45, 7) is 0. The van der Waals surface area contributed by atoms with E-state index in [9.17, 15) is 10.1 Å². The summed E-state index contributed by atoms with van der Waals surface area (Å²) >= 11 is 0. The normalized spacial score (nSPS) is 10.0. The van der Waals surface area contributed by atoms with Crippen LogP contribution in [0.1, 0.15) is 0 Å². The topological polar surface area (TPSA) is 146 Å². The average Bonchev–Trinajstić information content (AvgIpc) is 2.27. The van der Waals surface area contributed by atoms with Crippen LogP contribution >= 0.6 is 0 Å². The standard InChI is InChI=1S/C9H9N7O2/c10-7-13-8(11)15-9(14-7)12-5-2-1-3-6(4-5)16(17)18/h1-4H,(H5,10,11,12,13,14,15). The third kappa shape index (κ3) is 2.58. The molecule has 0 unspecified atom stereocenters. The SMILES string of the molecule is Nc1nc(N)nc(Nc2cccc([N+](=O)[O-])c2)n1. The molecule has 2 rings (SSSR count). The summed E-state index contributed by atoms with van der Waals surface area (Å²) in [6, 6.07) is 5.88. The Labute approximate surface area is 101 Å². The van der Waals surface area contributed by atoms with Gasteiger partial charge in [0.15, 0.2) is 0 Å². The Bertz CT molecular complexity index is 581. The van der Waals surface area contributed by atoms with Gasteiger partial charge in [0, 0.05) is 17.8 Å². The molecule has 0 atom stereocenters. The fraction of sp³-hybridized carbons (Fsp3) is 0. The summed E-state index contributed by atoms with van der Waals surface area (Å²) < 4.78 is 0. The van der Waals surface area contributed by atoms with Crippen molar-refractivity contribution >= 4 is 29.2 Å². The summed E-state index contributed by atoms with van der Waals surface area (Å²) in [6.07, 6.45) is 0. The Hall–Kier alpha value is -2.97. The minimum Gasteiger partial charge on any atom is -0.368 e. The summed E-state index contributed by atoms with van der Waals surface area (Å²) in [5.41, 5.74) is 11.2. The number of anilines is 4. The Morgan fingerprint density at radius 3 is 2.44 bits per heavy atom. The number of nitrogens with two attached hydrogens (primary N) is 2. The van der Waals surface area contributed by atoms with Crippen LogP contribution in [0.5, 0.6) is 0 Å². The molecule has 2 aromatic rings. The molecule has 9 nitrogen and oxygen atoms in total. The number of nitrogens with zero attached hydrogens (tertiary/aromatic N) is 4. The second-order valence-corrected chi connectivity index (χ2v) is 3.31. The molecule has 0 saturated heterocycles. The quantitative estimate of drug-likeness (QED) is 0.530. The number of hydrogen-bond donors (Lipinski definition) is 3. The van der Waals surface area contributed by atoms with Crippen LogP contribution in [0.25, 0.3) is 0 Å². The molecule has 5 N–H and O–H groups in total. The van der Waals surface area contributed by atoms with Gasteiger partial charge in [-0.15, -0.1) is 0 Å². The smallest absolute Gasteiger partial charge is 0.271 e. The van der Waals surface area contributed by atoms with Crippen molar-refractivity contribution in [2.45, 2.75) is 0 Å². The zero-order valence-corrected chi connectivity index (χ0v) is 9.07. The number of nitrogen functional groups attached to an aromatic ring is 2. The van der Waals surface area contributed by atoms with Crippen molar-refractivity contribution in [3.8, 4) is 0 Å². The summed E-state index contributed by atoms with van der Waals surface area (Å²) in [4.78, 5) is 21.3. The highest BCUT2D eigenvalue weighted by atomic mass is 16.6. The van der Waals surface area contributed by atoms with Crippen molar-refractivity contribution in [3.63, 3.8) is 0 Å². The van der Waals surface area contributed by atoms with Gasteiger partial charge >= 0.3 is 0 Å². The second-order valence-electron chi connectivity index (χ2n) is 3.31. The first-order valence-electron chi connectivity index (χ1n) is 4.83. The monoisotopic (exact) mass is 247 g/mol. The van der Waals surface area contributed by atoms with Gasteiger partial charge in [-0.05, 0) is 6.07 Å². The van der Waals surface area contributed by atoms with E-state index >= 15 is 0 Å². The average molecular weight is 247 g/mol. The molecule has 0 spiro atoms. The van der Waals surface area contributed by atoms with Gasteiger partial charge in [-0.2, -0.15) is 15.0 Å². The molecule has 0 saturated carbocycles. The fourth-order valence-electron chi connectivity index (χ4n) is 1.29. The molecule has 0 aliphatic rings. The third-order valence-electron chi connectivity index (χ3n) is 1.98. The van der Waals surface area contributed by atoms with Crippen LogP contribution in [0.3, 0.4) is 0 Å². The molecule has 1 aromatic carbocycles. The minimum atomic E-state index is -0.499. The van der Waals surface area contributed by atoms with Crippen molar-refractivity contribution in [2.24, 2.45) is 0 Å². The number of hydrogen-bond acceptors (Lipinski definition) is 8. The number of non-ortho nitro benzene ring substituents is 1. The lowest BCUT2D eigenvalue weighted by Crippen LogP contribution is -2.06. The predicted molar refractivity (Wildman–Crippen MR) is 65.0 cm³/mol. The van der Waals surface area contributed by atoms with Crippen LogP contribution in [0.2, 0.25) is 0 Å². The fourth-order valence-corrected chi connectivity index (χ4v) is 1.29. The van der Waals surface area contributed by atoms with Gasteiger partial charge in [0.05, 0.1) is 4.92 Å². The Morgan fingerprint density at radius 1 is 1.17 bits per heavy atom. The summed E-state index contributed by atoms with van der Waals surface area (Å²) in [5, 5.41) is 13.4. The van der Waals surface area contributed by atoms with Crippen molar-refractivity contribution < 1.29 is 4.92 Å². The molecule has 0 aliphatic heterocycles. The number of nitro benzene ring substituents is 1. The first-order valence-corrected chi connectivity index (χ1v) is 4.83. The highest BCUT2D eigenvalue weighted by molar-refractivity contribution is 5.58. The van der Waals surface area contributed by atoms with Gasteiger partial charge < -0.3 is 16.8 Å². The molecular formula is C9H9N7O2. The van der Waals surface area contributed by atoms with Crippen LogP contribution in [-0.2, 0) is 0 Å². The molecule has 0 amide bonds. The number of rotatable bonds is 3. The molecule has 92 valence electrons. The Kier molecular flexibility index (Phi) is 2.87. The second kappa shape index (κ2) is 4.49. The van der Waals surface area contributed by atoms with Crippen molar-refractivity contribution in [2.75, 3.05) is 16.8 Å². The number of nitrogens with one attached hydrogen (secondary N) is 1. The molecule has 1 aromatic heterocycles. The van der Waals surface area contributed by atoms with Crippen molar-refractivity contribution in [1.29, 1.82) is 0 Å². The lowest BCUT2D eigenvalue weighted by atomic mass is 10.3. The number of nitro groups is 1. The highest BCUT2D eigenvalue weighted by Crippen LogP contribution is 2.19. The van der Waals surface area contributed by atoms with Gasteiger partial charge in [0.1, 0.15) is 0 Å². The van der Waals surface area contributed by atoms with E-state index in [1.54, 1.807) is 6.07 Å². The largest absolute Gasteiger partial charge is 0.368 e. The number of benzene rings is 1. The third-order valence-corrected chi connectivity index (χ3v) is 1.98. The van der Waals surface area contributed by atoms with E-state index < -0.39 is 4.92 Å². The first-order chi connectivity index (χ1) is 8.54. The van der Waals surface area contributed by atoms with Crippen LogP contribution in [0, 0.1) is 10.1 Å². The maximum absolute atomic E-state index is 10.6. The molecule has 0 fully saturated rings. The van der Waals surface area contributed by atoms with E-state index in [2.05, 4.69) is 20.3 Å². The predicted octanol–water partition coefficient (Wildman–Crippen LogP) is 0.688. The zero-order chi connectivity index (χ0) is 13.1. The van der Waals surface area contributed by atoms with Crippen molar-refractivity contribution in [3.05, 3.63) is 34.4 Å². The van der Waals surface area contributed by atoms with E-state index in [4.69, 9.17) is 11.5 Å². The van der Waals surface area contributed by atoms with E-state index in [1.165, 1.54) is 18.2 Å². The highest BCUT2D eigenvalue weighted by Gasteiger charge is 2.07. The Balaban J connectivity index is 2.28. The summed E-state index contributed by atoms with van der Waals surface area (Å²) in [5.74, 6) is 0.0614. The van der Waals surface area contributed by atoms with E-state index in [-0.39, 0.29) is 23.5 Å². The summed E-state index contributed by atoms with van der Waals surface area (Å²) in [7, 11) is 0. The van der Waals surface area contributed by atoms with Crippen LogP contribution in [-0.4, -0.2) is 19.9 Å². The zero-order valence-electron chi connectivity index (χ0n) is 9.07. The molecule has 1 heterocycles. The molecule has 0 aliphatic carbocycles. The van der Waals surface area contributed by atoms with E-state index in [0.717, 1.165) is 0 Å².